The molecule has 0 unspecified atom stereocenters. The fourth-order valence-corrected chi connectivity index (χ4v) is 2.69. The van der Waals surface area contributed by atoms with Gasteiger partial charge in [-0.25, -0.2) is 18.1 Å². The van der Waals surface area contributed by atoms with Crippen LogP contribution in [0.5, 0.6) is 0 Å². The average molecular weight is 270 g/mol. The van der Waals surface area contributed by atoms with E-state index in [0.29, 0.717) is 12.2 Å². The first-order valence-electron chi connectivity index (χ1n) is 5.37. The Morgan fingerprint density at radius 2 is 2.22 bits per heavy atom. The molecule has 0 radical (unpaired) electrons. The van der Waals surface area contributed by atoms with Crippen molar-refractivity contribution >= 4 is 10.0 Å². The quantitative estimate of drug-likeness (QED) is 0.840. The van der Waals surface area contributed by atoms with Crippen LogP contribution in [0.3, 0.4) is 0 Å². The van der Waals surface area contributed by atoms with Crippen LogP contribution in [0.25, 0.3) is 0 Å². The fourth-order valence-electron chi connectivity index (χ4n) is 1.48. The number of hydrogen-bond donors (Lipinski definition) is 1. The maximum atomic E-state index is 12.0. The van der Waals surface area contributed by atoms with E-state index in [0.717, 1.165) is 5.56 Å². The minimum Gasteiger partial charge on any atom is -0.364 e. The molecule has 2 rings (SSSR count). The minimum absolute atomic E-state index is 0.158. The maximum Gasteiger partial charge on any atom is 0.257 e. The van der Waals surface area contributed by atoms with Gasteiger partial charge < -0.3 is 9.09 Å². The second kappa shape index (κ2) is 4.91. The molecule has 0 amide bonds. The summed E-state index contributed by atoms with van der Waals surface area (Å²) in [6.45, 7) is 2.03. The van der Waals surface area contributed by atoms with Gasteiger partial charge in [-0.1, -0.05) is 5.16 Å². The molecule has 0 atom stereocenters. The predicted octanol–water partition coefficient (Wildman–Crippen LogP) is 0.238. The summed E-state index contributed by atoms with van der Waals surface area (Å²) in [6.07, 6.45) is 4.92. The van der Waals surface area contributed by atoms with Gasteiger partial charge in [-0.2, -0.15) is 0 Å². The number of aryl methyl sites for hydroxylation is 1. The topological polar surface area (TPSA) is 90.0 Å². The van der Waals surface area contributed by atoms with Crippen LogP contribution < -0.4 is 4.72 Å². The smallest absolute Gasteiger partial charge is 0.257 e. The van der Waals surface area contributed by atoms with Crippen molar-refractivity contribution in [3.63, 3.8) is 0 Å². The average Bonchev–Trinajstić information content (AvgIpc) is 2.91. The summed E-state index contributed by atoms with van der Waals surface area (Å²) in [6, 6.07) is 0. The van der Waals surface area contributed by atoms with E-state index in [1.165, 1.54) is 17.0 Å². The second-order valence-corrected chi connectivity index (χ2v) is 5.60. The Hall–Kier alpha value is -1.67. The lowest BCUT2D eigenvalue weighted by Gasteiger charge is -2.06. The number of hydrogen-bond acceptors (Lipinski definition) is 5. The van der Waals surface area contributed by atoms with Gasteiger partial charge in [-0.05, 0) is 13.3 Å². The van der Waals surface area contributed by atoms with Crippen LogP contribution in [0.15, 0.2) is 28.2 Å². The molecule has 0 saturated heterocycles. The summed E-state index contributed by atoms with van der Waals surface area (Å²) in [5.41, 5.74) is 0.846. The highest BCUT2D eigenvalue weighted by Gasteiger charge is 2.18. The summed E-state index contributed by atoms with van der Waals surface area (Å²) in [5.74, 6) is 0.648. The van der Waals surface area contributed by atoms with Crippen molar-refractivity contribution in [1.29, 1.82) is 0 Å². The molecular formula is C10H14N4O3S. The molecule has 2 aromatic heterocycles. The summed E-state index contributed by atoms with van der Waals surface area (Å²) in [7, 11) is -1.86. The molecule has 0 saturated carbocycles. The Balaban J connectivity index is 2.02. The second-order valence-electron chi connectivity index (χ2n) is 3.88. The summed E-state index contributed by atoms with van der Waals surface area (Å²) < 4.78 is 32.7. The minimum atomic E-state index is -3.52. The largest absolute Gasteiger partial charge is 0.364 e. The van der Waals surface area contributed by atoms with Crippen LogP contribution in [-0.2, 0) is 23.5 Å². The molecule has 18 heavy (non-hydrogen) atoms. The molecule has 2 aromatic rings. The highest BCUT2D eigenvalue weighted by Crippen LogP contribution is 2.09. The zero-order valence-electron chi connectivity index (χ0n) is 10.1. The fraction of sp³-hybridized carbons (Fsp3) is 0.400. The lowest BCUT2D eigenvalue weighted by Crippen LogP contribution is -2.27. The summed E-state index contributed by atoms with van der Waals surface area (Å²) in [4.78, 5) is 3.96. The van der Waals surface area contributed by atoms with E-state index in [2.05, 4.69) is 19.4 Å². The molecule has 0 aliphatic carbocycles. The molecule has 2 heterocycles. The predicted molar refractivity (Wildman–Crippen MR) is 63.3 cm³/mol. The lowest BCUT2D eigenvalue weighted by atomic mass is 10.3. The van der Waals surface area contributed by atoms with Gasteiger partial charge in [-0.15, -0.1) is 0 Å². The Morgan fingerprint density at radius 1 is 1.44 bits per heavy atom. The summed E-state index contributed by atoms with van der Waals surface area (Å²) in [5, 5.41) is 3.70. The normalized spacial score (nSPS) is 11.9. The standard InChI is InChI=1S/C10H14N4O3S/c1-8-11-6-10(14(8)2)18(15,16)13-4-3-9-5-12-17-7-9/h5-7,13H,3-4H2,1-2H3. The van der Waals surface area contributed by atoms with Gasteiger partial charge in [0.25, 0.3) is 10.0 Å². The van der Waals surface area contributed by atoms with Gasteiger partial charge in [0.15, 0.2) is 5.03 Å². The molecular weight excluding hydrogens is 256 g/mol. The van der Waals surface area contributed by atoms with Crippen LogP contribution in [-0.4, -0.2) is 29.7 Å². The SMILES string of the molecule is Cc1ncc(S(=O)(=O)NCCc2cnoc2)n1C. The van der Waals surface area contributed by atoms with Gasteiger partial charge in [0.05, 0.1) is 12.4 Å². The first kappa shape index (κ1) is 12.8. The van der Waals surface area contributed by atoms with Crippen molar-refractivity contribution in [2.24, 2.45) is 7.05 Å². The molecule has 0 fully saturated rings. The third-order valence-electron chi connectivity index (χ3n) is 2.64. The van der Waals surface area contributed by atoms with Crippen LogP contribution >= 0.6 is 0 Å². The maximum absolute atomic E-state index is 12.0. The van der Waals surface area contributed by atoms with E-state index in [9.17, 15) is 8.42 Å². The van der Waals surface area contributed by atoms with Crippen LogP contribution in [0.1, 0.15) is 11.4 Å². The van der Waals surface area contributed by atoms with E-state index in [1.54, 1.807) is 20.2 Å². The molecule has 0 aliphatic rings. The Kier molecular flexibility index (Phi) is 3.48. The van der Waals surface area contributed by atoms with E-state index >= 15 is 0 Å². The number of nitrogens with zero attached hydrogens (tertiary/aromatic N) is 3. The van der Waals surface area contributed by atoms with Gasteiger partial charge in [0, 0.05) is 19.2 Å². The monoisotopic (exact) mass is 270 g/mol. The van der Waals surface area contributed by atoms with Crippen molar-refractivity contribution in [1.82, 2.24) is 19.4 Å². The van der Waals surface area contributed by atoms with Crippen molar-refractivity contribution in [3.05, 3.63) is 30.0 Å². The lowest BCUT2D eigenvalue weighted by molar-refractivity contribution is 0.419. The van der Waals surface area contributed by atoms with Crippen LogP contribution in [0.2, 0.25) is 0 Å². The van der Waals surface area contributed by atoms with Crippen molar-refractivity contribution < 1.29 is 12.9 Å². The summed E-state index contributed by atoms with van der Waals surface area (Å²) >= 11 is 0. The number of sulfonamides is 1. The number of imidazole rings is 1. The van der Waals surface area contributed by atoms with Crippen molar-refractivity contribution in [3.8, 4) is 0 Å². The molecule has 0 bridgehead atoms. The zero-order chi connectivity index (χ0) is 13.2. The van der Waals surface area contributed by atoms with Crippen LogP contribution in [0.4, 0.5) is 0 Å². The molecule has 0 aromatic carbocycles. The highest BCUT2D eigenvalue weighted by molar-refractivity contribution is 7.89. The van der Waals surface area contributed by atoms with E-state index in [-0.39, 0.29) is 11.6 Å². The van der Waals surface area contributed by atoms with Gasteiger partial charge in [-0.3, -0.25) is 0 Å². The molecule has 98 valence electrons. The molecule has 1 N–H and O–H groups in total. The third kappa shape index (κ3) is 2.59. The molecule has 0 spiro atoms. The van der Waals surface area contributed by atoms with Gasteiger partial charge in [0.1, 0.15) is 12.1 Å². The van der Waals surface area contributed by atoms with E-state index in [1.807, 2.05) is 0 Å². The highest BCUT2D eigenvalue weighted by atomic mass is 32.2. The van der Waals surface area contributed by atoms with E-state index < -0.39 is 10.0 Å². The van der Waals surface area contributed by atoms with Gasteiger partial charge >= 0.3 is 0 Å². The van der Waals surface area contributed by atoms with E-state index in [4.69, 9.17) is 0 Å². The number of aromatic nitrogens is 3. The van der Waals surface area contributed by atoms with Crippen LogP contribution in [0, 0.1) is 6.92 Å². The first-order valence-corrected chi connectivity index (χ1v) is 6.85. The zero-order valence-corrected chi connectivity index (χ0v) is 10.9. The van der Waals surface area contributed by atoms with Crippen molar-refractivity contribution in [2.45, 2.75) is 18.4 Å². The molecule has 0 aliphatic heterocycles. The number of nitrogens with one attached hydrogen (secondary N) is 1. The third-order valence-corrected chi connectivity index (χ3v) is 4.16. The number of rotatable bonds is 5. The Morgan fingerprint density at radius 3 is 2.78 bits per heavy atom. The Bertz CT molecular complexity index is 616. The Labute approximate surface area is 105 Å². The van der Waals surface area contributed by atoms with Crippen molar-refractivity contribution in [2.75, 3.05) is 6.54 Å². The molecule has 8 heteroatoms. The molecule has 7 nitrogen and oxygen atoms in total. The van der Waals surface area contributed by atoms with Gasteiger partial charge in [0.2, 0.25) is 0 Å². The first-order chi connectivity index (χ1) is 8.50.